The summed E-state index contributed by atoms with van der Waals surface area (Å²) >= 11 is 7.15. The molecule has 0 saturated heterocycles. The lowest BCUT2D eigenvalue weighted by Crippen LogP contribution is -2.31. The topological polar surface area (TPSA) is 93.2 Å². The highest BCUT2D eigenvalue weighted by Gasteiger charge is 2.27. The highest BCUT2D eigenvalue weighted by atomic mass is 35.5. The maximum Gasteiger partial charge on any atom is 0.241 e. The molecule has 3 aromatic rings. The van der Waals surface area contributed by atoms with Gasteiger partial charge < -0.3 is 10.1 Å². The first-order chi connectivity index (χ1) is 13.8. The SMILES string of the molecule is COc1ccc(Nc2nnc(C(NS(=O)(=O)c3ccc(Cl)cc3)C(C)C)s2)cc1. The highest BCUT2D eigenvalue weighted by molar-refractivity contribution is 7.89. The molecule has 1 aromatic heterocycles. The number of benzene rings is 2. The van der Waals surface area contributed by atoms with E-state index < -0.39 is 16.1 Å². The van der Waals surface area contributed by atoms with Crippen LogP contribution in [0.2, 0.25) is 5.02 Å². The molecular formula is C19H21ClN4O3S2. The quantitative estimate of drug-likeness (QED) is 0.518. The summed E-state index contributed by atoms with van der Waals surface area (Å²) in [5.74, 6) is 0.726. The van der Waals surface area contributed by atoms with Gasteiger partial charge in [0.25, 0.3) is 0 Å². The summed E-state index contributed by atoms with van der Waals surface area (Å²) in [6.45, 7) is 3.85. The van der Waals surface area contributed by atoms with Crippen LogP contribution in [0.4, 0.5) is 10.8 Å². The summed E-state index contributed by atoms with van der Waals surface area (Å²) in [4.78, 5) is 0.147. The average molecular weight is 453 g/mol. The van der Waals surface area contributed by atoms with Crippen LogP contribution in [0.25, 0.3) is 0 Å². The Morgan fingerprint density at radius 3 is 2.28 bits per heavy atom. The second kappa shape index (κ2) is 9.08. The molecule has 1 heterocycles. The number of sulfonamides is 1. The molecule has 1 atom stereocenters. The third kappa shape index (κ3) is 5.45. The smallest absolute Gasteiger partial charge is 0.241 e. The van der Waals surface area contributed by atoms with E-state index in [4.69, 9.17) is 16.3 Å². The maximum absolute atomic E-state index is 12.8. The molecule has 2 aromatic carbocycles. The van der Waals surface area contributed by atoms with Crippen LogP contribution < -0.4 is 14.8 Å². The molecule has 0 aliphatic carbocycles. The summed E-state index contributed by atoms with van der Waals surface area (Å²) in [5.41, 5.74) is 0.830. The summed E-state index contributed by atoms with van der Waals surface area (Å²) in [7, 11) is -2.12. The van der Waals surface area contributed by atoms with Crippen LogP contribution in [0.3, 0.4) is 0 Å². The fourth-order valence-electron chi connectivity index (χ4n) is 2.53. The average Bonchev–Trinajstić information content (AvgIpc) is 3.15. The lowest BCUT2D eigenvalue weighted by atomic mass is 10.1. The van der Waals surface area contributed by atoms with Crippen LogP contribution in [0.15, 0.2) is 53.4 Å². The van der Waals surface area contributed by atoms with Crippen molar-refractivity contribution in [2.24, 2.45) is 5.92 Å². The maximum atomic E-state index is 12.8. The number of nitrogens with one attached hydrogen (secondary N) is 2. The van der Waals surface area contributed by atoms with E-state index in [-0.39, 0.29) is 10.8 Å². The Kier molecular flexibility index (Phi) is 6.74. The predicted molar refractivity (Wildman–Crippen MR) is 116 cm³/mol. The minimum absolute atomic E-state index is 0.0288. The summed E-state index contributed by atoms with van der Waals surface area (Å²) in [6, 6.07) is 12.9. The van der Waals surface area contributed by atoms with Gasteiger partial charge in [-0.3, -0.25) is 0 Å². The summed E-state index contributed by atoms with van der Waals surface area (Å²) in [6.07, 6.45) is 0. The third-order valence-electron chi connectivity index (χ3n) is 4.12. The zero-order valence-corrected chi connectivity index (χ0v) is 18.5. The second-order valence-corrected chi connectivity index (χ2v) is 9.76. The third-order valence-corrected chi connectivity index (χ3v) is 6.75. The number of rotatable bonds is 8. The molecule has 0 aliphatic heterocycles. The second-order valence-electron chi connectivity index (χ2n) is 6.60. The Morgan fingerprint density at radius 2 is 1.69 bits per heavy atom. The first kappa shape index (κ1) is 21.5. The largest absolute Gasteiger partial charge is 0.497 e. The number of anilines is 2. The number of hydrogen-bond donors (Lipinski definition) is 2. The monoisotopic (exact) mass is 452 g/mol. The van der Waals surface area contributed by atoms with Crippen molar-refractivity contribution >= 4 is 43.8 Å². The number of methoxy groups -OCH3 is 1. The standard InChI is InChI=1S/C19H21ClN4O3S2/c1-12(2)17(24-29(25,26)16-10-4-13(20)5-11-16)18-22-23-19(28-18)21-14-6-8-15(27-3)9-7-14/h4-12,17,24H,1-3H3,(H,21,23). The van der Waals surface area contributed by atoms with Gasteiger partial charge in [-0.2, -0.15) is 0 Å². The van der Waals surface area contributed by atoms with Crippen molar-refractivity contribution < 1.29 is 13.2 Å². The summed E-state index contributed by atoms with van der Waals surface area (Å²) < 4.78 is 33.4. The summed E-state index contributed by atoms with van der Waals surface area (Å²) in [5, 5.41) is 13.1. The van der Waals surface area contributed by atoms with Crippen molar-refractivity contribution in [1.29, 1.82) is 0 Å². The zero-order chi connectivity index (χ0) is 21.0. The van der Waals surface area contributed by atoms with Gasteiger partial charge in [-0.25, -0.2) is 13.1 Å². The van der Waals surface area contributed by atoms with Gasteiger partial charge in [0.05, 0.1) is 18.0 Å². The molecule has 10 heteroatoms. The van der Waals surface area contributed by atoms with E-state index in [0.717, 1.165) is 11.4 Å². The molecule has 0 amide bonds. The molecule has 3 rings (SSSR count). The lowest BCUT2D eigenvalue weighted by Gasteiger charge is -2.19. The minimum Gasteiger partial charge on any atom is -0.497 e. The van der Waals surface area contributed by atoms with Crippen molar-refractivity contribution in [1.82, 2.24) is 14.9 Å². The normalized spacial score (nSPS) is 12.7. The van der Waals surface area contributed by atoms with E-state index in [1.165, 1.54) is 23.5 Å². The van der Waals surface area contributed by atoms with Crippen molar-refractivity contribution in [2.45, 2.75) is 24.8 Å². The van der Waals surface area contributed by atoms with Crippen LogP contribution in [0.1, 0.15) is 24.9 Å². The fourth-order valence-corrected chi connectivity index (χ4v) is 5.07. The molecule has 154 valence electrons. The van der Waals surface area contributed by atoms with E-state index in [1.54, 1.807) is 19.2 Å². The van der Waals surface area contributed by atoms with E-state index in [2.05, 4.69) is 20.2 Å². The van der Waals surface area contributed by atoms with Gasteiger partial charge in [-0.1, -0.05) is 36.8 Å². The van der Waals surface area contributed by atoms with Crippen LogP contribution in [-0.4, -0.2) is 25.7 Å². The number of hydrogen-bond acceptors (Lipinski definition) is 7. The Morgan fingerprint density at radius 1 is 1.03 bits per heavy atom. The molecule has 0 bridgehead atoms. The highest BCUT2D eigenvalue weighted by Crippen LogP contribution is 2.30. The van der Waals surface area contributed by atoms with E-state index in [1.807, 2.05) is 38.1 Å². The molecule has 2 N–H and O–H groups in total. The van der Waals surface area contributed by atoms with Crippen molar-refractivity contribution in [2.75, 3.05) is 12.4 Å². The number of nitrogens with zero attached hydrogens (tertiary/aromatic N) is 2. The fraction of sp³-hybridized carbons (Fsp3) is 0.263. The molecule has 0 fully saturated rings. The van der Waals surface area contributed by atoms with Gasteiger partial charge in [-0.05, 0) is 54.4 Å². The molecule has 0 aliphatic rings. The Bertz CT molecular complexity index is 1050. The van der Waals surface area contributed by atoms with E-state index >= 15 is 0 Å². The van der Waals surface area contributed by atoms with Gasteiger partial charge in [0.2, 0.25) is 15.2 Å². The Balaban J connectivity index is 1.78. The molecule has 0 saturated carbocycles. The molecular weight excluding hydrogens is 432 g/mol. The van der Waals surface area contributed by atoms with Crippen molar-refractivity contribution in [3.8, 4) is 5.75 Å². The number of aromatic nitrogens is 2. The van der Waals surface area contributed by atoms with E-state index in [0.29, 0.717) is 15.2 Å². The first-order valence-corrected chi connectivity index (χ1v) is 11.5. The lowest BCUT2D eigenvalue weighted by molar-refractivity contribution is 0.415. The van der Waals surface area contributed by atoms with Crippen molar-refractivity contribution in [3.63, 3.8) is 0 Å². The molecule has 0 spiro atoms. The van der Waals surface area contributed by atoms with E-state index in [9.17, 15) is 8.42 Å². The van der Waals surface area contributed by atoms with Gasteiger partial charge in [0, 0.05) is 10.7 Å². The van der Waals surface area contributed by atoms with Crippen molar-refractivity contribution in [3.05, 3.63) is 58.6 Å². The Hall–Kier alpha value is -2.20. The van der Waals surface area contributed by atoms with Gasteiger partial charge >= 0.3 is 0 Å². The van der Waals surface area contributed by atoms with Gasteiger partial charge in [-0.15, -0.1) is 10.2 Å². The Labute approximate surface area is 179 Å². The zero-order valence-electron chi connectivity index (χ0n) is 16.1. The molecule has 7 nitrogen and oxygen atoms in total. The molecule has 0 radical (unpaired) electrons. The molecule has 1 unspecified atom stereocenters. The molecule has 29 heavy (non-hydrogen) atoms. The predicted octanol–water partition coefficient (Wildman–Crippen LogP) is 4.62. The first-order valence-electron chi connectivity index (χ1n) is 8.81. The number of halogens is 1. The van der Waals surface area contributed by atoms with Crippen LogP contribution >= 0.6 is 22.9 Å². The minimum atomic E-state index is -3.73. The number of ether oxygens (including phenoxy) is 1. The van der Waals surface area contributed by atoms with Crippen LogP contribution in [0.5, 0.6) is 5.75 Å². The van der Waals surface area contributed by atoms with Crippen LogP contribution in [0, 0.1) is 5.92 Å². The van der Waals surface area contributed by atoms with Gasteiger partial charge in [0.1, 0.15) is 10.8 Å². The van der Waals surface area contributed by atoms with Crippen LogP contribution in [-0.2, 0) is 10.0 Å². The van der Waals surface area contributed by atoms with Gasteiger partial charge in [0.15, 0.2) is 0 Å².